The number of anilines is 2. The number of hydrogen-bond donors (Lipinski definition) is 3. The monoisotopic (exact) mass is 529 g/mol. The van der Waals surface area contributed by atoms with Crippen molar-refractivity contribution in [3.05, 3.63) is 90.4 Å². The molecule has 1 heterocycles. The molecule has 0 saturated carbocycles. The minimum Gasteiger partial charge on any atom is -0.487 e. The third-order valence-corrected chi connectivity index (χ3v) is 5.91. The van der Waals surface area contributed by atoms with Gasteiger partial charge in [-0.05, 0) is 30.2 Å². The molecule has 0 unspecified atom stereocenters. The smallest absolute Gasteiger partial charge is 0.163 e. The Morgan fingerprint density at radius 1 is 0.846 bits per heavy atom. The number of rotatable bonds is 15. The van der Waals surface area contributed by atoms with Gasteiger partial charge in [-0.25, -0.2) is 9.97 Å². The fourth-order valence-corrected chi connectivity index (χ4v) is 3.90. The third kappa shape index (κ3) is 8.07. The lowest BCUT2D eigenvalue weighted by Crippen LogP contribution is -2.12. The van der Waals surface area contributed by atoms with E-state index in [9.17, 15) is 0 Å². The summed E-state index contributed by atoms with van der Waals surface area (Å²) >= 11 is 0. The zero-order valence-electron chi connectivity index (χ0n) is 22.4. The van der Waals surface area contributed by atoms with Gasteiger partial charge in [0.1, 0.15) is 25.4 Å². The highest BCUT2D eigenvalue weighted by atomic mass is 16.5. The summed E-state index contributed by atoms with van der Waals surface area (Å²) in [6.45, 7) is 2.48. The highest BCUT2D eigenvalue weighted by molar-refractivity contribution is 5.93. The van der Waals surface area contributed by atoms with Gasteiger partial charge >= 0.3 is 0 Å². The van der Waals surface area contributed by atoms with Gasteiger partial charge in [0.25, 0.3) is 0 Å². The van der Waals surface area contributed by atoms with Gasteiger partial charge in [0.05, 0.1) is 24.4 Å². The lowest BCUT2D eigenvalue weighted by molar-refractivity contribution is 0.132. The van der Waals surface area contributed by atoms with Crippen molar-refractivity contribution in [3.63, 3.8) is 0 Å². The molecule has 0 aliphatic heterocycles. The molecule has 0 saturated heterocycles. The van der Waals surface area contributed by atoms with E-state index >= 15 is 0 Å². The Balaban J connectivity index is 1.50. The first kappa shape index (κ1) is 27.7. The molecule has 39 heavy (non-hydrogen) atoms. The number of nitrogens with two attached hydrogens (primary N) is 1. The van der Waals surface area contributed by atoms with Crippen LogP contribution >= 0.6 is 0 Å². The first-order valence-corrected chi connectivity index (χ1v) is 12.8. The first-order valence-electron chi connectivity index (χ1n) is 12.8. The molecule has 4 aromatic rings. The van der Waals surface area contributed by atoms with Gasteiger partial charge in [-0.1, -0.05) is 42.5 Å². The average molecular weight is 530 g/mol. The molecular formula is C30H35N5O4. The molecule has 0 aliphatic rings. The van der Waals surface area contributed by atoms with Crippen molar-refractivity contribution in [1.29, 1.82) is 0 Å². The molecule has 0 amide bonds. The van der Waals surface area contributed by atoms with Crippen molar-refractivity contribution < 1.29 is 18.9 Å². The molecule has 1 aromatic heterocycles. The molecule has 3 aromatic carbocycles. The number of hydrogen-bond acceptors (Lipinski definition) is 9. The lowest BCUT2D eigenvalue weighted by Gasteiger charge is -2.15. The van der Waals surface area contributed by atoms with Gasteiger partial charge in [0.15, 0.2) is 11.5 Å². The van der Waals surface area contributed by atoms with Gasteiger partial charge in [0.2, 0.25) is 0 Å². The van der Waals surface area contributed by atoms with E-state index in [2.05, 4.69) is 32.7 Å². The molecule has 0 radical (unpaired) electrons. The number of ether oxygens (including phenoxy) is 4. The number of fused-ring (bicyclic) bond motifs is 1. The minimum absolute atomic E-state index is 0.381. The van der Waals surface area contributed by atoms with E-state index in [-0.39, 0.29) is 0 Å². The van der Waals surface area contributed by atoms with Crippen LogP contribution in [0, 0.1) is 0 Å². The molecule has 204 valence electrons. The SMILES string of the molecule is COCCOc1cc2ncnc(Nc3cccc(/C(N)=C/NCCc4ccccc4)c3)c2cc1OCCOC. The zero-order valence-corrected chi connectivity index (χ0v) is 22.4. The molecule has 0 fully saturated rings. The van der Waals surface area contributed by atoms with E-state index in [1.807, 2.05) is 60.8 Å². The van der Waals surface area contributed by atoms with Crippen molar-refractivity contribution in [2.45, 2.75) is 6.42 Å². The van der Waals surface area contributed by atoms with E-state index < -0.39 is 0 Å². The Morgan fingerprint density at radius 2 is 1.59 bits per heavy atom. The highest BCUT2D eigenvalue weighted by Crippen LogP contribution is 2.35. The van der Waals surface area contributed by atoms with Gasteiger partial charge < -0.3 is 35.3 Å². The van der Waals surface area contributed by atoms with Crippen LogP contribution in [0.25, 0.3) is 16.6 Å². The van der Waals surface area contributed by atoms with E-state index in [1.54, 1.807) is 14.2 Å². The maximum Gasteiger partial charge on any atom is 0.163 e. The summed E-state index contributed by atoms with van der Waals surface area (Å²) < 4.78 is 22.1. The van der Waals surface area contributed by atoms with Crippen molar-refractivity contribution in [2.75, 3.05) is 52.5 Å². The molecule has 0 bridgehead atoms. The van der Waals surface area contributed by atoms with E-state index in [1.165, 1.54) is 11.9 Å². The summed E-state index contributed by atoms with van der Waals surface area (Å²) in [7, 11) is 3.26. The molecule has 4 rings (SSSR count). The summed E-state index contributed by atoms with van der Waals surface area (Å²) in [5, 5.41) is 7.50. The standard InChI is InChI=1S/C30H35N5O4/c1-36-13-15-38-28-18-25-27(19-29(28)39-16-14-37-2)33-21-34-30(25)35-24-10-6-9-23(17-24)26(31)20-32-12-11-22-7-4-3-5-8-22/h3-10,17-21,32H,11-16,31H2,1-2H3,(H,33,34,35)/b26-20-. The summed E-state index contributed by atoms with van der Waals surface area (Å²) in [5.41, 5.74) is 10.7. The fraction of sp³-hybridized carbons (Fsp3) is 0.267. The van der Waals surface area contributed by atoms with Crippen molar-refractivity contribution in [2.24, 2.45) is 5.73 Å². The summed E-state index contributed by atoms with van der Waals surface area (Å²) in [5.74, 6) is 1.80. The van der Waals surface area contributed by atoms with E-state index in [0.717, 1.165) is 35.1 Å². The van der Waals surface area contributed by atoms with Gasteiger partial charge in [-0.3, -0.25) is 0 Å². The number of nitrogens with zero attached hydrogens (tertiary/aromatic N) is 2. The number of benzene rings is 3. The maximum atomic E-state index is 6.37. The van der Waals surface area contributed by atoms with Crippen LogP contribution < -0.4 is 25.8 Å². The predicted molar refractivity (Wildman–Crippen MR) is 154 cm³/mol. The van der Waals surface area contributed by atoms with Crippen molar-refractivity contribution in [3.8, 4) is 11.5 Å². The minimum atomic E-state index is 0.381. The van der Waals surface area contributed by atoms with Crippen LogP contribution in [0.2, 0.25) is 0 Å². The van der Waals surface area contributed by atoms with Crippen LogP contribution in [-0.4, -0.2) is 57.2 Å². The Morgan fingerprint density at radius 3 is 2.33 bits per heavy atom. The second-order valence-electron chi connectivity index (χ2n) is 8.72. The normalized spacial score (nSPS) is 11.4. The Hall–Kier alpha value is -4.34. The molecule has 0 atom stereocenters. The van der Waals surface area contributed by atoms with E-state index in [0.29, 0.717) is 49.4 Å². The van der Waals surface area contributed by atoms with Gasteiger partial charge in [-0.2, -0.15) is 0 Å². The quantitative estimate of drug-likeness (QED) is 0.191. The van der Waals surface area contributed by atoms with Crippen LogP contribution in [0.15, 0.2) is 79.3 Å². The van der Waals surface area contributed by atoms with Crippen molar-refractivity contribution in [1.82, 2.24) is 15.3 Å². The second-order valence-corrected chi connectivity index (χ2v) is 8.72. The lowest BCUT2D eigenvalue weighted by atomic mass is 10.1. The van der Waals surface area contributed by atoms with Crippen LogP contribution in [0.3, 0.4) is 0 Å². The Labute approximate surface area is 229 Å². The zero-order chi connectivity index (χ0) is 27.3. The predicted octanol–water partition coefficient (Wildman–Crippen LogP) is 4.51. The van der Waals surface area contributed by atoms with Gasteiger partial charge in [0, 0.05) is 49.7 Å². The van der Waals surface area contributed by atoms with E-state index in [4.69, 9.17) is 24.7 Å². The maximum absolute atomic E-state index is 6.37. The molecule has 9 heteroatoms. The van der Waals surface area contributed by atoms with Gasteiger partial charge in [-0.15, -0.1) is 0 Å². The topological polar surface area (TPSA) is 113 Å². The number of aromatic nitrogens is 2. The largest absolute Gasteiger partial charge is 0.487 e. The summed E-state index contributed by atoms with van der Waals surface area (Å²) in [6, 6.07) is 21.9. The number of methoxy groups -OCH3 is 2. The first-order chi connectivity index (χ1) is 19.2. The Kier molecular flexibility index (Phi) is 10.3. The van der Waals surface area contributed by atoms with Crippen LogP contribution in [0.5, 0.6) is 11.5 Å². The van der Waals surface area contributed by atoms with Crippen LogP contribution in [0.1, 0.15) is 11.1 Å². The molecular weight excluding hydrogens is 494 g/mol. The molecule has 4 N–H and O–H groups in total. The Bertz CT molecular complexity index is 1360. The second kappa shape index (κ2) is 14.6. The fourth-order valence-electron chi connectivity index (χ4n) is 3.90. The van der Waals surface area contributed by atoms with Crippen molar-refractivity contribution >= 4 is 28.1 Å². The molecule has 0 aliphatic carbocycles. The molecule has 9 nitrogen and oxygen atoms in total. The van der Waals surface area contributed by atoms with Crippen LogP contribution in [-0.2, 0) is 15.9 Å². The highest BCUT2D eigenvalue weighted by Gasteiger charge is 2.13. The average Bonchev–Trinajstić information content (AvgIpc) is 2.96. The third-order valence-electron chi connectivity index (χ3n) is 5.91. The summed E-state index contributed by atoms with van der Waals surface area (Å²) in [6.07, 6.45) is 4.28. The van der Waals surface area contributed by atoms with Crippen LogP contribution in [0.4, 0.5) is 11.5 Å². The number of nitrogens with one attached hydrogen (secondary N) is 2. The summed E-state index contributed by atoms with van der Waals surface area (Å²) in [4.78, 5) is 8.93. The molecule has 0 spiro atoms.